The monoisotopic (exact) mass is 685 g/mol. The third-order valence-electron chi connectivity index (χ3n) is 9.88. The zero-order valence-corrected chi connectivity index (χ0v) is 28.5. The van der Waals surface area contributed by atoms with Gasteiger partial charge in [0.15, 0.2) is 5.82 Å². The normalized spacial score (nSPS) is 11.8. The molecule has 0 spiro atoms. The Bertz CT molecular complexity index is 3140. The number of hydrogen-bond donors (Lipinski definition) is 0. The van der Waals surface area contributed by atoms with Crippen LogP contribution < -0.4 is 4.90 Å². The van der Waals surface area contributed by atoms with Crippen LogP contribution in [0.4, 0.5) is 17.1 Å². The summed E-state index contributed by atoms with van der Waals surface area (Å²) in [5.41, 5.74) is 10.3. The van der Waals surface area contributed by atoms with Crippen molar-refractivity contribution in [2.45, 2.75) is 0 Å². The van der Waals surface area contributed by atoms with Gasteiger partial charge in [0.2, 0.25) is 0 Å². The van der Waals surface area contributed by atoms with Crippen LogP contribution in [0.1, 0.15) is 0 Å². The molecule has 0 aliphatic rings. The molecule has 0 bridgehead atoms. The lowest BCUT2D eigenvalue weighted by molar-refractivity contribution is 0.668. The van der Waals surface area contributed by atoms with E-state index >= 15 is 0 Å². The van der Waals surface area contributed by atoms with Gasteiger partial charge in [0.05, 0.1) is 15.9 Å². The number of nitrogens with zero attached hydrogens (tertiary/aromatic N) is 3. The molecular weight excluding hydrogens is 659 g/mol. The van der Waals surface area contributed by atoms with Crippen LogP contribution in [0.5, 0.6) is 0 Å². The molecule has 0 aliphatic heterocycles. The highest BCUT2D eigenvalue weighted by molar-refractivity contribution is 7.26. The largest absolute Gasteiger partial charge is 0.456 e. The Hall–Kier alpha value is -6.76. The molecule has 0 amide bonds. The van der Waals surface area contributed by atoms with E-state index in [1.165, 1.54) is 4.70 Å². The van der Waals surface area contributed by atoms with Crippen molar-refractivity contribution in [2.75, 3.05) is 4.90 Å². The minimum atomic E-state index is 0.679. The summed E-state index contributed by atoms with van der Waals surface area (Å²) in [6, 6.07) is 56.5. The molecule has 0 atom stereocenters. The average molecular weight is 686 g/mol. The van der Waals surface area contributed by atoms with Gasteiger partial charge in [0, 0.05) is 65.9 Å². The quantitative estimate of drug-likeness (QED) is 0.180. The SMILES string of the molecule is c1ccc(-c2nc(-c3cccc4oc5cc(N(c6ccccc6)c6ccc7oc8ccccc8c7c6)ccc5c34)nc3c2sc2ccccc23)cc1. The molecule has 0 saturated heterocycles. The second-order valence-electron chi connectivity index (χ2n) is 12.9. The summed E-state index contributed by atoms with van der Waals surface area (Å²) in [6.45, 7) is 0. The Morgan fingerprint density at radius 3 is 2.04 bits per heavy atom. The van der Waals surface area contributed by atoms with Gasteiger partial charge in [-0.05, 0) is 60.7 Å². The first kappa shape index (κ1) is 29.0. The van der Waals surface area contributed by atoms with E-state index in [9.17, 15) is 0 Å². The molecule has 0 aliphatic carbocycles. The molecule has 6 heteroatoms. The lowest BCUT2D eigenvalue weighted by Crippen LogP contribution is -2.09. The van der Waals surface area contributed by atoms with E-state index in [-0.39, 0.29) is 0 Å². The number of rotatable bonds is 5. The second kappa shape index (κ2) is 11.4. The number of thiophene rings is 1. The first-order valence-electron chi connectivity index (χ1n) is 17.2. The summed E-state index contributed by atoms with van der Waals surface area (Å²) in [7, 11) is 0. The predicted octanol–water partition coefficient (Wildman–Crippen LogP) is 13.4. The van der Waals surface area contributed by atoms with Crippen molar-refractivity contribution in [2.24, 2.45) is 0 Å². The van der Waals surface area contributed by atoms with Gasteiger partial charge < -0.3 is 13.7 Å². The number of aromatic nitrogens is 2. The molecule has 11 aromatic rings. The van der Waals surface area contributed by atoms with Crippen LogP contribution in [-0.2, 0) is 0 Å². The van der Waals surface area contributed by atoms with E-state index in [2.05, 4.69) is 132 Å². The van der Waals surface area contributed by atoms with Crippen LogP contribution in [0.25, 0.3) is 86.8 Å². The molecule has 0 unspecified atom stereocenters. The first-order chi connectivity index (χ1) is 25.8. The summed E-state index contributed by atoms with van der Waals surface area (Å²) in [6.07, 6.45) is 0. The predicted molar refractivity (Wildman–Crippen MR) is 215 cm³/mol. The van der Waals surface area contributed by atoms with E-state index in [0.29, 0.717) is 5.82 Å². The molecule has 0 radical (unpaired) electrons. The fraction of sp³-hybridized carbons (Fsp3) is 0. The van der Waals surface area contributed by atoms with E-state index in [1.807, 2.05) is 36.4 Å². The molecule has 0 N–H and O–H groups in total. The Morgan fingerprint density at radius 2 is 1.15 bits per heavy atom. The molecule has 7 aromatic carbocycles. The molecule has 5 nitrogen and oxygen atoms in total. The van der Waals surface area contributed by atoms with Gasteiger partial charge in [0.25, 0.3) is 0 Å². The van der Waals surface area contributed by atoms with Crippen molar-refractivity contribution >= 4 is 92.6 Å². The van der Waals surface area contributed by atoms with Gasteiger partial charge in [-0.25, -0.2) is 9.97 Å². The summed E-state index contributed by atoms with van der Waals surface area (Å²) in [4.78, 5) is 12.8. The maximum Gasteiger partial charge on any atom is 0.161 e. The maximum absolute atomic E-state index is 6.66. The maximum atomic E-state index is 6.66. The van der Waals surface area contributed by atoms with E-state index < -0.39 is 0 Å². The third-order valence-corrected chi connectivity index (χ3v) is 11.0. The van der Waals surface area contributed by atoms with Gasteiger partial charge in [-0.3, -0.25) is 0 Å². The van der Waals surface area contributed by atoms with Crippen LogP contribution in [0.2, 0.25) is 0 Å². The number of anilines is 3. The molecule has 244 valence electrons. The summed E-state index contributed by atoms with van der Waals surface area (Å²) >= 11 is 1.74. The molecule has 4 aromatic heterocycles. The van der Waals surface area contributed by atoms with Gasteiger partial charge >= 0.3 is 0 Å². The smallest absolute Gasteiger partial charge is 0.161 e. The van der Waals surface area contributed by atoms with Crippen molar-refractivity contribution in [1.29, 1.82) is 0 Å². The fourth-order valence-electron chi connectivity index (χ4n) is 7.52. The molecule has 0 saturated carbocycles. The van der Waals surface area contributed by atoms with Crippen LogP contribution in [0, 0.1) is 0 Å². The second-order valence-corrected chi connectivity index (χ2v) is 14.0. The Kier molecular flexibility index (Phi) is 6.35. The van der Waals surface area contributed by atoms with E-state index in [0.717, 1.165) is 93.4 Å². The van der Waals surface area contributed by atoms with E-state index in [1.54, 1.807) is 11.3 Å². The number of fused-ring (bicyclic) bond motifs is 9. The molecule has 4 heterocycles. The Morgan fingerprint density at radius 1 is 0.462 bits per heavy atom. The zero-order valence-electron chi connectivity index (χ0n) is 27.7. The molecule has 11 rings (SSSR count). The highest BCUT2D eigenvalue weighted by Crippen LogP contribution is 2.44. The summed E-state index contributed by atoms with van der Waals surface area (Å²) in [5, 5.41) is 5.32. The molecule has 0 fully saturated rings. The van der Waals surface area contributed by atoms with Crippen LogP contribution in [-0.4, -0.2) is 9.97 Å². The topological polar surface area (TPSA) is 55.3 Å². The summed E-state index contributed by atoms with van der Waals surface area (Å²) in [5.74, 6) is 0.679. The van der Waals surface area contributed by atoms with Crippen molar-refractivity contribution in [1.82, 2.24) is 9.97 Å². The van der Waals surface area contributed by atoms with Gasteiger partial charge in [0.1, 0.15) is 22.3 Å². The van der Waals surface area contributed by atoms with E-state index in [4.69, 9.17) is 18.8 Å². The van der Waals surface area contributed by atoms with Gasteiger partial charge in [-0.1, -0.05) is 97.1 Å². The zero-order chi connectivity index (χ0) is 34.2. The lowest BCUT2D eigenvalue weighted by atomic mass is 10.0. The first-order valence-corrected chi connectivity index (χ1v) is 18.1. The average Bonchev–Trinajstić information content (AvgIpc) is 3.89. The fourth-order valence-corrected chi connectivity index (χ4v) is 8.67. The highest BCUT2D eigenvalue weighted by atomic mass is 32.1. The third kappa shape index (κ3) is 4.48. The van der Waals surface area contributed by atoms with Crippen molar-refractivity contribution in [3.63, 3.8) is 0 Å². The number of furan rings is 2. The van der Waals surface area contributed by atoms with Crippen molar-refractivity contribution < 1.29 is 8.83 Å². The Labute approximate surface area is 301 Å². The lowest BCUT2D eigenvalue weighted by Gasteiger charge is -2.25. The van der Waals surface area contributed by atoms with Crippen molar-refractivity contribution in [3.05, 3.63) is 164 Å². The van der Waals surface area contributed by atoms with Crippen LogP contribution >= 0.6 is 11.3 Å². The minimum Gasteiger partial charge on any atom is -0.456 e. The number of benzene rings is 7. The Balaban J connectivity index is 1.11. The van der Waals surface area contributed by atoms with Gasteiger partial charge in [-0.2, -0.15) is 0 Å². The number of para-hydroxylation sites is 2. The standard InChI is InChI=1S/C46H27N3O2S/c1-3-12-28(13-4-1)43-45-44(34-17-8-10-21-41(34)52-45)48-46(47-43)35-18-11-20-39-42(35)33-24-22-31(27-40(33)51-39)49(29-14-5-2-6-15-29)30-23-25-38-36(26-30)32-16-7-9-19-37(32)50-38/h1-27H. The van der Waals surface area contributed by atoms with Crippen LogP contribution in [0.3, 0.4) is 0 Å². The van der Waals surface area contributed by atoms with Gasteiger partial charge in [-0.15, -0.1) is 11.3 Å². The summed E-state index contributed by atoms with van der Waals surface area (Å²) < 4.78 is 15.1. The highest BCUT2D eigenvalue weighted by Gasteiger charge is 2.21. The van der Waals surface area contributed by atoms with Crippen molar-refractivity contribution in [3.8, 4) is 22.6 Å². The molecule has 52 heavy (non-hydrogen) atoms. The number of hydrogen-bond acceptors (Lipinski definition) is 6. The minimum absolute atomic E-state index is 0.679. The van der Waals surface area contributed by atoms with Crippen LogP contribution in [0.15, 0.2) is 173 Å². The molecular formula is C46H27N3O2S.